The number of amides is 1. The van der Waals surface area contributed by atoms with Crippen LogP contribution in [-0.4, -0.2) is 45.7 Å². The third-order valence-corrected chi connectivity index (χ3v) is 6.26. The molecule has 0 aliphatic rings. The number of ether oxygens (including phenoxy) is 2. The van der Waals surface area contributed by atoms with Crippen LogP contribution in [0.15, 0.2) is 52.5 Å². The zero-order chi connectivity index (χ0) is 23.9. The number of methoxy groups -OCH3 is 2. The van der Waals surface area contributed by atoms with Crippen molar-refractivity contribution in [2.45, 2.75) is 25.2 Å². The fourth-order valence-electron chi connectivity index (χ4n) is 2.64. The number of para-hydroxylation sites is 1. The van der Waals surface area contributed by atoms with Crippen LogP contribution in [0, 0.1) is 10.1 Å². The second-order valence-electron chi connectivity index (χ2n) is 6.51. The molecule has 12 heteroatoms. The number of hydrogen-bond donors (Lipinski definition) is 1. The van der Waals surface area contributed by atoms with Crippen molar-refractivity contribution in [2.24, 2.45) is 5.10 Å². The molecule has 2 aromatic rings. The highest BCUT2D eigenvalue weighted by Gasteiger charge is 2.34. The summed E-state index contributed by atoms with van der Waals surface area (Å²) in [7, 11) is -1.81. The molecule has 0 bridgehead atoms. The van der Waals surface area contributed by atoms with Crippen LogP contribution < -0.4 is 19.2 Å². The largest absolute Gasteiger partial charge is 0.497 e. The maximum Gasteiger partial charge on any atom is 0.289 e. The van der Waals surface area contributed by atoms with E-state index in [1.165, 1.54) is 44.6 Å². The highest BCUT2D eigenvalue weighted by atomic mass is 32.2. The van der Waals surface area contributed by atoms with E-state index in [9.17, 15) is 23.3 Å². The van der Waals surface area contributed by atoms with Crippen molar-refractivity contribution >= 4 is 33.0 Å². The lowest BCUT2D eigenvalue weighted by atomic mass is 10.2. The molecule has 0 radical (unpaired) electrons. The van der Waals surface area contributed by atoms with Gasteiger partial charge in [0.15, 0.2) is 4.90 Å². The van der Waals surface area contributed by atoms with E-state index in [0.29, 0.717) is 17.9 Å². The predicted octanol–water partition coefficient (Wildman–Crippen LogP) is 2.71. The van der Waals surface area contributed by atoms with Gasteiger partial charge in [-0.15, -0.1) is 0 Å². The van der Waals surface area contributed by atoms with E-state index < -0.39 is 38.0 Å². The Bertz CT molecular complexity index is 1130. The van der Waals surface area contributed by atoms with Gasteiger partial charge < -0.3 is 9.47 Å². The number of hydrazone groups is 1. The van der Waals surface area contributed by atoms with E-state index in [2.05, 4.69) is 10.5 Å². The summed E-state index contributed by atoms with van der Waals surface area (Å²) in [4.78, 5) is 22.6. The molecule has 0 heterocycles. The molecular weight excluding hydrogens is 440 g/mol. The van der Waals surface area contributed by atoms with E-state index in [0.717, 1.165) is 16.4 Å². The second-order valence-corrected chi connectivity index (χ2v) is 8.34. The van der Waals surface area contributed by atoms with Crippen LogP contribution in [0.4, 0.5) is 11.4 Å². The number of benzene rings is 2. The molecule has 0 atom stereocenters. The molecule has 2 rings (SSSR count). The lowest BCUT2D eigenvalue weighted by molar-refractivity contribution is -0.387. The van der Waals surface area contributed by atoms with Gasteiger partial charge in [0.05, 0.1) is 24.8 Å². The lowest BCUT2D eigenvalue weighted by Crippen LogP contribution is -2.40. The summed E-state index contributed by atoms with van der Waals surface area (Å²) in [6.07, 6.45) is 0.588. The molecule has 11 nitrogen and oxygen atoms in total. The summed E-state index contributed by atoms with van der Waals surface area (Å²) in [6, 6.07) is 9.20. The Morgan fingerprint density at radius 1 is 1.19 bits per heavy atom. The first-order chi connectivity index (χ1) is 15.1. The minimum absolute atomic E-state index is 0.00204. The Balaban J connectivity index is 2.64. The van der Waals surface area contributed by atoms with Gasteiger partial charge in [0.25, 0.3) is 21.6 Å². The van der Waals surface area contributed by atoms with Crippen molar-refractivity contribution < 1.29 is 27.6 Å². The summed E-state index contributed by atoms with van der Waals surface area (Å²) in [5.74, 6) is -0.258. The van der Waals surface area contributed by atoms with Crippen LogP contribution in [0.25, 0.3) is 0 Å². The van der Waals surface area contributed by atoms with E-state index in [-0.39, 0.29) is 11.4 Å². The van der Waals surface area contributed by atoms with Gasteiger partial charge in [0.1, 0.15) is 18.0 Å². The number of nitrogens with zero attached hydrogens (tertiary/aromatic N) is 3. The Morgan fingerprint density at radius 3 is 2.47 bits per heavy atom. The standard InChI is InChI=1S/C20H24N4O7S/c1-5-14(2)21-22-20(25)13-23(16-11-10-15(30-3)12-18(16)31-4)32(28,29)19-9-7-6-8-17(19)24(26)27/h6-12H,5,13H2,1-4H3,(H,22,25)/b21-14-. The Hall–Kier alpha value is -3.67. The van der Waals surface area contributed by atoms with Crippen molar-refractivity contribution in [1.29, 1.82) is 0 Å². The summed E-state index contributed by atoms with van der Waals surface area (Å²) in [6.45, 7) is 2.85. The maximum atomic E-state index is 13.5. The SMILES string of the molecule is CC/C(C)=N\NC(=O)CN(c1ccc(OC)cc1OC)S(=O)(=O)c1ccccc1[N+](=O)[O-]. The van der Waals surface area contributed by atoms with E-state index in [4.69, 9.17) is 9.47 Å². The second kappa shape index (κ2) is 10.6. The lowest BCUT2D eigenvalue weighted by Gasteiger charge is -2.25. The molecule has 0 unspecified atom stereocenters. The number of sulfonamides is 1. The van der Waals surface area contributed by atoms with E-state index >= 15 is 0 Å². The number of nitro benzene ring substituents is 1. The number of carbonyl (C=O) groups excluding carboxylic acids is 1. The Kier molecular flexibility index (Phi) is 8.13. The first kappa shape index (κ1) is 24.6. The molecule has 2 aromatic carbocycles. The molecule has 0 aromatic heterocycles. The van der Waals surface area contributed by atoms with Gasteiger partial charge in [-0.05, 0) is 31.5 Å². The number of anilines is 1. The molecule has 32 heavy (non-hydrogen) atoms. The van der Waals surface area contributed by atoms with Gasteiger partial charge >= 0.3 is 0 Å². The number of carbonyl (C=O) groups is 1. The van der Waals surface area contributed by atoms with Crippen LogP contribution in [0.2, 0.25) is 0 Å². The van der Waals surface area contributed by atoms with E-state index in [1.54, 1.807) is 6.92 Å². The molecule has 172 valence electrons. The average molecular weight is 465 g/mol. The first-order valence-corrected chi connectivity index (χ1v) is 10.9. The normalized spacial score (nSPS) is 11.6. The molecule has 0 fully saturated rings. The number of hydrogen-bond acceptors (Lipinski definition) is 8. The van der Waals surface area contributed by atoms with Crippen LogP contribution >= 0.6 is 0 Å². The quantitative estimate of drug-likeness (QED) is 0.324. The minimum Gasteiger partial charge on any atom is -0.497 e. The first-order valence-electron chi connectivity index (χ1n) is 9.45. The van der Waals surface area contributed by atoms with Gasteiger partial charge in [0.2, 0.25) is 0 Å². The van der Waals surface area contributed by atoms with Crippen LogP contribution in [0.3, 0.4) is 0 Å². The van der Waals surface area contributed by atoms with Crippen molar-refractivity contribution in [3.8, 4) is 11.5 Å². The highest BCUT2D eigenvalue weighted by Crippen LogP contribution is 2.37. The fourth-order valence-corrected chi connectivity index (χ4v) is 4.23. The summed E-state index contributed by atoms with van der Waals surface area (Å²) in [5, 5.41) is 15.3. The molecular formula is C20H24N4O7S. The molecule has 0 aliphatic heterocycles. The van der Waals surface area contributed by atoms with Crippen molar-refractivity contribution in [2.75, 3.05) is 25.1 Å². The van der Waals surface area contributed by atoms with Crippen LogP contribution in [-0.2, 0) is 14.8 Å². The van der Waals surface area contributed by atoms with Gasteiger partial charge in [0, 0.05) is 17.8 Å². The molecule has 0 spiro atoms. The number of rotatable bonds is 10. The van der Waals surface area contributed by atoms with Gasteiger partial charge in [-0.2, -0.15) is 5.10 Å². The van der Waals surface area contributed by atoms with Crippen molar-refractivity contribution in [3.63, 3.8) is 0 Å². The zero-order valence-electron chi connectivity index (χ0n) is 18.1. The van der Waals surface area contributed by atoms with Crippen LogP contribution in [0.5, 0.6) is 11.5 Å². The Labute approximate surface area is 185 Å². The minimum atomic E-state index is -4.56. The fraction of sp³-hybridized carbons (Fsp3) is 0.300. The summed E-state index contributed by atoms with van der Waals surface area (Å²) in [5.41, 5.74) is 2.31. The molecule has 1 amide bonds. The molecule has 1 N–H and O–H groups in total. The van der Waals surface area contributed by atoms with Crippen molar-refractivity contribution in [1.82, 2.24) is 5.43 Å². The third-order valence-electron chi connectivity index (χ3n) is 4.46. The van der Waals surface area contributed by atoms with E-state index in [1.807, 2.05) is 6.92 Å². The number of nitrogens with one attached hydrogen (secondary N) is 1. The van der Waals surface area contributed by atoms with Gasteiger partial charge in [-0.25, -0.2) is 13.8 Å². The summed E-state index contributed by atoms with van der Waals surface area (Å²) < 4.78 is 38.2. The summed E-state index contributed by atoms with van der Waals surface area (Å²) >= 11 is 0. The monoisotopic (exact) mass is 464 g/mol. The zero-order valence-corrected chi connectivity index (χ0v) is 18.9. The number of nitro groups is 1. The maximum absolute atomic E-state index is 13.5. The third kappa shape index (κ3) is 5.52. The van der Waals surface area contributed by atoms with Crippen molar-refractivity contribution in [3.05, 3.63) is 52.6 Å². The molecule has 0 saturated heterocycles. The van der Waals surface area contributed by atoms with Crippen LogP contribution in [0.1, 0.15) is 20.3 Å². The Morgan fingerprint density at radius 2 is 1.88 bits per heavy atom. The van der Waals surface area contributed by atoms with Gasteiger partial charge in [-0.3, -0.25) is 19.2 Å². The highest BCUT2D eigenvalue weighted by molar-refractivity contribution is 7.93. The average Bonchev–Trinajstić information content (AvgIpc) is 2.80. The van der Waals surface area contributed by atoms with Gasteiger partial charge in [-0.1, -0.05) is 19.1 Å². The topological polar surface area (TPSA) is 140 Å². The molecule has 0 saturated carbocycles. The smallest absolute Gasteiger partial charge is 0.289 e. The molecule has 0 aliphatic carbocycles. The predicted molar refractivity (Wildman–Crippen MR) is 119 cm³/mol.